The molecule has 0 saturated heterocycles. The highest BCUT2D eigenvalue weighted by atomic mass is 79.9. The molecule has 2 rings (SSSR count). The van der Waals surface area contributed by atoms with Crippen molar-refractivity contribution in [3.8, 4) is 0 Å². The number of benzene rings is 1. The molecule has 1 aromatic rings. The van der Waals surface area contributed by atoms with Crippen molar-refractivity contribution in [1.82, 2.24) is 16.2 Å². The Balaban J connectivity index is 1.64. The molecule has 8 heteroatoms. The molecule has 3 N–H and O–H groups in total. The molecule has 0 aliphatic heterocycles. The van der Waals surface area contributed by atoms with E-state index in [0.29, 0.717) is 0 Å². The van der Waals surface area contributed by atoms with Gasteiger partial charge >= 0.3 is 6.09 Å². The number of rotatable bonds is 5. The van der Waals surface area contributed by atoms with Gasteiger partial charge in [-0.1, -0.05) is 28.1 Å². The van der Waals surface area contributed by atoms with Gasteiger partial charge in [0.05, 0.1) is 0 Å². The number of hydrogen-bond acceptors (Lipinski definition) is 4. The Labute approximate surface area is 161 Å². The summed E-state index contributed by atoms with van der Waals surface area (Å²) in [6.45, 7) is 5.40. The zero-order valence-electron chi connectivity index (χ0n) is 15.1. The van der Waals surface area contributed by atoms with E-state index in [1.54, 1.807) is 20.8 Å². The van der Waals surface area contributed by atoms with E-state index in [1.165, 1.54) is 0 Å². The van der Waals surface area contributed by atoms with Crippen LogP contribution < -0.4 is 16.2 Å². The Morgan fingerprint density at radius 1 is 1.23 bits per heavy atom. The normalized spacial score (nSPS) is 18.6. The maximum absolute atomic E-state index is 12.1. The molecule has 0 bridgehead atoms. The number of halogens is 1. The molecule has 2 atom stereocenters. The quantitative estimate of drug-likeness (QED) is 0.631. The molecule has 1 aliphatic carbocycles. The lowest BCUT2D eigenvalue weighted by molar-refractivity contribution is -0.129. The van der Waals surface area contributed by atoms with Gasteiger partial charge in [-0.3, -0.25) is 20.4 Å². The minimum absolute atomic E-state index is 0.0409. The predicted molar refractivity (Wildman–Crippen MR) is 100 cm³/mol. The molecule has 0 radical (unpaired) electrons. The van der Waals surface area contributed by atoms with Gasteiger partial charge in [-0.2, -0.15) is 0 Å². The molecule has 26 heavy (non-hydrogen) atoms. The van der Waals surface area contributed by atoms with E-state index in [9.17, 15) is 14.4 Å². The second-order valence-corrected chi connectivity index (χ2v) is 8.14. The van der Waals surface area contributed by atoms with E-state index in [-0.39, 0.29) is 36.6 Å². The van der Waals surface area contributed by atoms with Gasteiger partial charge < -0.3 is 10.1 Å². The third-order valence-electron chi connectivity index (χ3n) is 3.75. The number of hydrogen-bond donors (Lipinski definition) is 3. The third kappa shape index (κ3) is 6.67. The zero-order chi connectivity index (χ0) is 19.3. The maximum Gasteiger partial charge on any atom is 0.407 e. The monoisotopic (exact) mass is 425 g/mol. The largest absolute Gasteiger partial charge is 0.444 e. The van der Waals surface area contributed by atoms with Crippen LogP contribution in [-0.2, 0) is 14.3 Å². The highest BCUT2D eigenvalue weighted by molar-refractivity contribution is 9.10. The lowest BCUT2D eigenvalue weighted by atomic mass is 10.1. The molecule has 1 saturated carbocycles. The van der Waals surface area contributed by atoms with Crippen molar-refractivity contribution < 1.29 is 19.1 Å². The van der Waals surface area contributed by atoms with Gasteiger partial charge in [-0.25, -0.2) is 4.79 Å². The molecule has 2 unspecified atom stereocenters. The number of carbonyl (C=O) groups excluding carboxylic acids is 3. The fourth-order valence-corrected chi connectivity index (χ4v) is 2.89. The standard InChI is InChI=1S/C18H24BrN3O4/c1-18(2,3)26-17(25)20-8-7-15(23)21-22-16(24)14-10-13(14)11-5-4-6-12(19)9-11/h4-6,9,13-14H,7-8,10H2,1-3H3,(H,20,25)(H,21,23)(H,22,24). The molecule has 0 spiro atoms. The van der Waals surface area contributed by atoms with Crippen LogP contribution in [0.5, 0.6) is 0 Å². The number of hydrazine groups is 1. The molecule has 1 aromatic carbocycles. The van der Waals surface area contributed by atoms with Gasteiger partial charge in [0.1, 0.15) is 5.60 Å². The first kappa shape index (κ1) is 20.2. The Kier molecular flexibility index (Phi) is 6.63. The van der Waals surface area contributed by atoms with Gasteiger partial charge in [0, 0.05) is 23.4 Å². The Morgan fingerprint density at radius 2 is 1.96 bits per heavy atom. The van der Waals surface area contributed by atoms with Gasteiger partial charge in [0.25, 0.3) is 0 Å². The summed E-state index contributed by atoms with van der Waals surface area (Å²) in [6.07, 6.45) is 0.224. The SMILES string of the molecule is CC(C)(C)OC(=O)NCCC(=O)NNC(=O)C1CC1c1cccc(Br)c1. The summed E-state index contributed by atoms with van der Waals surface area (Å²) in [7, 11) is 0. The molecule has 3 amide bonds. The minimum Gasteiger partial charge on any atom is -0.444 e. The molecule has 142 valence electrons. The maximum atomic E-state index is 12.1. The van der Waals surface area contributed by atoms with Crippen LogP contribution >= 0.6 is 15.9 Å². The number of alkyl carbamates (subject to hydrolysis) is 1. The number of ether oxygens (including phenoxy) is 1. The van der Waals surface area contributed by atoms with E-state index in [2.05, 4.69) is 32.1 Å². The van der Waals surface area contributed by atoms with Crippen LogP contribution in [0.1, 0.15) is 45.1 Å². The van der Waals surface area contributed by atoms with Gasteiger partial charge in [0.2, 0.25) is 11.8 Å². The van der Waals surface area contributed by atoms with Gasteiger partial charge in [-0.15, -0.1) is 0 Å². The van der Waals surface area contributed by atoms with Gasteiger partial charge in [0.15, 0.2) is 0 Å². The van der Waals surface area contributed by atoms with Crippen LogP contribution in [0.3, 0.4) is 0 Å². The van der Waals surface area contributed by atoms with Crippen LogP contribution in [0.2, 0.25) is 0 Å². The minimum atomic E-state index is -0.588. The molecule has 1 fully saturated rings. The molecular formula is C18H24BrN3O4. The lowest BCUT2D eigenvalue weighted by Crippen LogP contribution is -2.44. The van der Waals surface area contributed by atoms with E-state index < -0.39 is 11.7 Å². The van der Waals surface area contributed by atoms with Crippen molar-refractivity contribution in [1.29, 1.82) is 0 Å². The molecule has 0 heterocycles. The zero-order valence-corrected chi connectivity index (χ0v) is 16.7. The average Bonchev–Trinajstić information content (AvgIpc) is 3.31. The van der Waals surface area contributed by atoms with E-state index in [1.807, 2.05) is 24.3 Å². The molecule has 0 aromatic heterocycles. The highest BCUT2D eigenvalue weighted by Gasteiger charge is 2.44. The topological polar surface area (TPSA) is 96.5 Å². The van der Waals surface area contributed by atoms with Crippen molar-refractivity contribution in [2.45, 2.75) is 45.1 Å². The van der Waals surface area contributed by atoms with Crippen molar-refractivity contribution in [3.05, 3.63) is 34.3 Å². The van der Waals surface area contributed by atoms with Gasteiger partial charge in [-0.05, 0) is 50.8 Å². The summed E-state index contributed by atoms with van der Waals surface area (Å²) in [5.74, 6) is -0.541. The number of amides is 3. The van der Waals surface area contributed by atoms with Crippen molar-refractivity contribution >= 4 is 33.8 Å². The molecule has 1 aliphatic rings. The second-order valence-electron chi connectivity index (χ2n) is 7.22. The fraction of sp³-hybridized carbons (Fsp3) is 0.500. The molecule has 7 nitrogen and oxygen atoms in total. The highest BCUT2D eigenvalue weighted by Crippen LogP contribution is 2.47. The van der Waals surface area contributed by atoms with E-state index in [4.69, 9.17) is 4.74 Å². The summed E-state index contributed by atoms with van der Waals surface area (Å²) in [5, 5.41) is 2.49. The average molecular weight is 426 g/mol. The van der Waals surface area contributed by atoms with Crippen molar-refractivity contribution in [3.63, 3.8) is 0 Å². The van der Waals surface area contributed by atoms with E-state index in [0.717, 1.165) is 16.5 Å². The Hall–Kier alpha value is -2.09. The lowest BCUT2D eigenvalue weighted by Gasteiger charge is -2.19. The third-order valence-corrected chi connectivity index (χ3v) is 4.24. The van der Waals surface area contributed by atoms with Crippen molar-refractivity contribution in [2.24, 2.45) is 5.92 Å². The summed E-state index contributed by atoms with van der Waals surface area (Å²) < 4.78 is 6.04. The van der Waals surface area contributed by atoms with Crippen LogP contribution in [-0.4, -0.2) is 30.1 Å². The first-order valence-corrected chi connectivity index (χ1v) is 9.26. The predicted octanol–water partition coefficient (Wildman–Crippen LogP) is 2.61. The van der Waals surface area contributed by atoms with Crippen LogP contribution in [0.4, 0.5) is 4.79 Å². The number of carbonyl (C=O) groups is 3. The second kappa shape index (κ2) is 8.53. The Bertz CT molecular complexity index is 687. The Morgan fingerprint density at radius 3 is 2.62 bits per heavy atom. The first-order chi connectivity index (χ1) is 12.2. The van der Waals surface area contributed by atoms with Crippen molar-refractivity contribution in [2.75, 3.05) is 6.54 Å². The summed E-state index contributed by atoms with van der Waals surface area (Å²) in [4.78, 5) is 35.3. The van der Waals surface area contributed by atoms with Crippen LogP contribution in [0.15, 0.2) is 28.7 Å². The van der Waals surface area contributed by atoms with E-state index >= 15 is 0 Å². The number of nitrogens with one attached hydrogen (secondary N) is 3. The fourth-order valence-electron chi connectivity index (χ4n) is 2.47. The summed E-state index contributed by atoms with van der Waals surface area (Å²) >= 11 is 3.42. The molecular weight excluding hydrogens is 402 g/mol. The van der Waals surface area contributed by atoms with Crippen LogP contribution in [0, 0.1) is 5.92 Å². The van der Waals surface area contributed by atoms with Crippen LogP contribution in [0.25, 0.3) is 0 Å². The first-order valence-electron chi connectivity index (χ1n) is 8.47. The smallest absolute Gasteiger partial charge is 0.407 e. The summed E-state index contributed by atoms with van der Waals surface area (Å²) in [5.41, 5.74) is 5.33. The summed E-state index contributed by atoms with van der Waals surface area (Å²) in [6, 6.07) is 7.86.